The van der Waals surface area contributed by atoms with E-state index in [2.05, 4.69) is 20.6 Å². The molecule has 0 fully saturated rings. The number of para-hydroxylation sites is 1. The highest BCUT2D eigenvalue weighted by atomic mass is 35.5. The number of hydrogen-bond acceptors (Lipinski definition) is 6. The van der Waals surface area contributed by atoms with Crippen LogP contribution in [0.5, 0.6) is 0 Å². The fourth-order valence-electron chi connectivity index (χ4n) is 6.95. The number of nitrogens with one attached hydrogen (secondary N) is 2. The van der Waals surface area contributed by atoms with Gasteiger partial charge in [-0.2, -0.15) is 0 Å². The van der Waals surface area contributed by atoms with Gasteiger partial charge in [-0.3, -0.25) is 14.3 Å². The molecule has 2 aromatic heterocycles. The molecule has 0 saturated carbocycles. The Morgan fingerprint density at radius 3 is 2.67 bits per heavy atom. The summed E-state index contributed by atoms with van der Waals surface area (Å²) in [6.45, 7) is 2.44. The van der Waals surface area contributed by atoms with E-state index in [0.717, 1.165) is 27.6 Å². The number of anilines is 2. The predicted molar refractivity (Wildman–Crippen MR) is 202 cm³/mol. The number of hydrogen-bond donors (Lipinski definition) is 4. The summed E-state index contributed by atoms with van der Waals surface area (Å²) in [7, 11) is 0. The van der Waals surface area contributed by atoms with Crippen LogP contribution < -0.4 is 10.2 Å². The number of amides is 2. The summed E-state index contributed by atoms with van der Waals surface area (Å²) in [6.07, 6.45) is 8.25. The summed E-state index contributed by atoms with van der Waals surface area (Å²) in [6, 6.07) is 30.0. The zero-order chi connectivity index (χ0) is 36.2. The summed E-state index contributed by atoms with van der Waals surface area (Å²) >= 11 is 6.40. The minimum Gasteiger partial charge on any atom is -0.395 e. The van der Waals surface area contributed by atoms with Gasteiger partial charge in [-0.15, -0.1) is 5.10 Å². The molecule has 0 radical (unpaired) electrons. The van der Waals surface area contributed by atoms with Crippen LogP contribution >= 0.6 is 11.6 Å². The summed E-state index contributed by atoms with van der Waals surface area (Å²) in [5, 5.41) is 35.1. The third kappa shape index (κ3) is 7.01. The minimum atomic E-state index is -1.84. The number of fused-ring (bicyclic) bond motifs is 2. The highest BCUT2D eigenvalue weighted by Gasteiger charge is 2.52. The number of rotatable bonds is 13. The van der Waals surface area contributed by atoms with Crippen LogP contribution in [0.15, 0.2) is 122 Å². The Hall–Kier alpha value is -5.55. The lowest BCUT2D eigenvalue weighted by Crippen LogP contribution is -2.44. The lowest BCUT2D eigenvalue weighted by molar-refractivity contribution is -0.139. The van der Waals surface area contributed by atoms with Crippen LogP contribution in [-0.2, 0) is 34.7 Å². The van der Waals surface area contributed by atoms with E-state index in [1.54, 1.807) is 27.8 Å². The second-order valence-electron chi connectivity index (χ2n) is 13.2. The third-order valence-electron chi connectivity index (χ3n) is 9.72. The molecule has 0 saturated heterocycles. The van der Waals surface area contributed by atoms with E-state index in [1.807, 2.05) is 110 Å². The molecule has 0 spiro atoms. The largest absolute Gasteiger partial charge is 0.395 e. The number of aromatic amines is 1. The van der Waals surface area contributed by atoms with Crippen LogP contribution in [0.3, 0.4) is 0 Å². The van der Waals surface area contributed by atoms with Crippen molar-refractivity contribution in [2.24, 2.45) is 5.92 Å². The monoisotopic (exact) mass is 714 g/mol. The molecular weight excluding hydrogens is 676 g/mol. The molecule has 1 unspecified atom stereocenters. The topological polar surface area (TPSA) is 136 Å². The van der Waals surface area contributed by atoms with E-state index in [0.29, 0.717) is 40.6 Å². The van der Waals surface area contributed by atoms with Crippen molar-refractivity contribution >= 4 is 45.7 Å². The fourth-order valence-corrected chi connectivity index (χ4v) is 7.12. The highest BCUT2D eigenvalue weighted by molar-refractivity contribution is 6.31. The van der Waals surface area contributed by atoms with E-state index in [1.165, 1.54) is 0 Å². The maximum atomic E-state index is 14.1. The Bertz CT molecular complexity index is 2250. The number of aliphatic hydroxyl groups excluding tert-OH is 1. The SMILES string of the molecule is C[C@@H](/C=C/CCn1cc(C(CO)c2ccccc2)nn1)[C@]1(O)C(=O)N(Cc2cccc(NC(=O)Cc3c[nH]c4ccccc34)c2)c2ccc(Cl)cc21. The van der Waals surface area contributed by atoms with Gasteiger partial charge in [0.2, 0.25) is 5.91 Å². The molecule has 3 atom stereocenters. The zero-order valence-electron chi connectivity index (χ0n) is 28.6. The molecule has 0 aliphatic carbocycles. The first kappa shape index (κ1) is 34.9. The normalized spacial score (nSPS) is 16.8. The number of allylic oxidation sites excluding steroid dienone is 1. The smallest absolute Gasteiger partial charge is 0.264 e. The summed E-state index contributed by atoms with van der Waals surface area (Å²) in [5.41, 5.74) is 4.12. The molecule has 11 heteroatoms. The number of carbonyl (C=O) groups excluding carboxylic acids is 2. The fraction of sp³-hybridized carbons (Fsp3) is 0.220. The molecule has 4 N–H and O–H groups in total. The molecule has 52 heavy (non-hydrogen) atoms. The molecule has 6 aromatic rings. The van der Waals surface area contributed by atoms with E-state index < -0.39 is 17.4 Å². The zero-order valence-corrected chi connectivity index (χ0v) is 29.4. The number of halogens is 1. The first-order valence-corrected chi connectivity index (χ1v) is 17.6. The van der Waals surface area contributed by atoms with Gasteiger partial charge in [-0.1, -0.05) is 96.6 Å². The summed E-state index contributed by atoms with van der Waals surface area (Å²) in [5.74, 6) is -1.45. The van der Waals surface area contributed by atoms with Gasteiger partial charge >= 0.3 is 0 Å². The van der Waals surface area contributed by atoms with Gasteiger partial charge in [0.05, 0.1) is 36.9 Å². The van der Waals surface area contributed by atoms with Crippen molar-refractivity contribution in [3.05, 3.63) is 155 Å². The molecule has 7 rings (SSSR count). The van der Waals surface area contributed by atoms with Crippen LogP contribution in [-0.4, -0.2) is 48.6 Å². The second kappa shape index (κ2) is 15.0. The Morgan fingerprint density at radius 2 is 1.85 bits per heavy atom. The number of H-pyrrole nitrogens is 1. The lowest BCUT2D eigenvalue weighted by atomic mass is 9.83. The first-order valence-electron chi connectivity index (χ1n) is 17.2. The Kier molecular flexibility index (Phi) is 10.0. The van der Waals surface area contributed by atoms with Crippen LogP contribution in [0, 0.1) is 5.92 Å². The first-order chi connectivity index (χ1) is 25.2. The van der Waals surface area contributed by atoms with Crippen molar-refractivity contribution in [2.45, 2.75) is 44.4 Å². The van der Waals surface area contributed by atoms with Crippen LogP contribution in [0.2, 0.25) is 5.02 Å². The standard InChI is InChI=1S/C41H39ClN6O4/c1-27(10-7-8-19-47-25-37(45-46-47)34(26-49)29-12-3-2-4-13-29)41(52)35-22-31(42)17-18-38(35)48(40(41)51)24-28-11-9-14-32(20-28)44-39(50)21-30-23-43-36-16-6-5-15-33(30)36/h2-7,9-18,20,22-23,25,27,34,43,49,52H,8,19,21,24,26H2,1H3,(H,44,50)/b10-7+/t27-,34?,41+/m0/s1. The average molecular weight is 715 g/mol. The van der Waals surface area contributed by atoms with E-state index in [-0.39, 0.29) is 31.4 Å². The molecule has 10 nitrogen and oxygen atoms in total. The molecule has 2 amide bonds. The molecule has 264 valence electrons. The number of benzene rings is 4. The summed E-state index contributed by atoms with van der Waals surface area (Å²) in [4.78, 5) is 31.9. The van der Waals surface area contributed by atoms with Gasteiger partial charge in [0, 0.05) is 52.0 Å². The van der Waals surface area contributed by atoms with E-state index >= 15 is 0 Å². The van der Waals surface area contributed by atoms with Crippen molar-refractivity contribution < 1.29 is 19.8 Å². The number of aliphatic hydroxyl groups is 2. The predicted octanol–water partition coefficient (Wildman–Crippen LogP) is 6.74. The molecule has 4 aromatic carbocycles. The van der Waals surface area contributed by atoms with Crippen molar-refractivity contribution in [1.29, 1.82) is 0 Å². The van der Waals surface area contributed by atoms with Gasteiger partial charge in [0.15, 0.2) is 5.60 Å². The second-order valence-corrected chi connectivity index (χ2v) is 13.6. The third-order valence-corrected chi connectivity index (χ3v) is 9.95. The van der Waals surface area contributed by atoms with E-state index in [4.69, 9.17) is 11.6 Å². The van der Waals surface area contributed by atoms with Gasteiger partial charge in [-0.05, 0) is 59.5 Å². The number of aryl methyl sites for hydroxylation is 1. The van der Waals surface area contributed by atoms with Crippen LogP contribution in [0.1, 0.15) is 47.2 Å². The molecular formula is C41H39ClN6O4. The van der Waals surface area contributed by atoms with Gasteiger partial charge in [0.1, 0.15) is 0 Å². The quantitative estimate of drug-likeness (QED) is 0.0980. The Balaban J connectivity index is 1.02. The van der Waals surface area contributed by atoms with Gasteiger partial charge in [0.25, 0.3) is 5.91 Å². The molecule has 0 bridgehead atoms. The van der Waals surface area contributed by atoms with Crippen molar-refractivity contribution in [3.63, 3.8) is 0 Å². The number of nitrogens with zero attached hydrogens (tertiary/aromatic N) is 4. The summed E-state index contributed by atoms with van der Waals surface area (Å²) < 4.78 is 1.72. The number of carbonyl (C=O) groups is 2. The molecule has 1 aliphatic heterocycles. The minimum absolute atomic E-state index is 0.0796. The molecule has 1 aliphatic rings. The Morgan fingerprint density at radius 1 is 1.04 bits per heavy atom. The van der Waals surface area contributed by atoms with Crippen molar-refractivity contribution in [2.75, 3.05) is 16.8 Å². The maximum Gasteiger partial charge on any atom is 0.264 e. The highest BCUT2D eigenvalue weighted by Crippen LogP contribution is 2.46. The Labute approximate surface area is 306 Å². The molecule has 3 heterocycles. The van der Waals surface area contributed by atoms with Gasteiger partial charge in [-0.25, -0.2) is 0 Å². The van der Waals surface area contributed by atoms with Crippen molar-refractivity contribution in [3.8, 4) is 0 Å². The van der Waals surface area contributed by atoms with Crippen LogP contribution in [0.25, 0.3) is 10.9 Å². The average Bonchev–Trinajstić information content (AvgIpc) is 3.84. The van der Waals surface area contributed by atoms with Gasteiger partial charge < -0.3 is 25.4 Å². The van der Waals surface area contributed by atoms with E-state index in [9.17, 15) is 19.8 Å². The van der Waals surface area contributed by atoms with Crippen molar-refractivity contribution in [1.82, 2.24) is 20.0 Å². The van der Waals surface area contributed by atoms with Crippen LogP contribution in [0.4, 0.5) is 11.4 Å². The lowest BCUT2D eigenvalue weighted by Gasteiger charge is -2.27. The number of aromatic nitrogens is 4. The maximum absolute atomic E-state index is 14.1.